The molecule has 0 unspecified atom stereocenters. The Morgan fingerprint density at radius 1 is 1.27 bits per heavy atom. The van der Waals surface area contributed by atoms with E-state index in [9.17, 15) is 0 Å². The first-order valence-corrected chi connectivity index (χ1v) is 3.91. The molecule has 1 aromatic rings. The lowest BCUT2D eigenvalue weighted by Gasteiger charge is -2.00. The summed E-state index contributed by atoms with van der Waals surface area (Å²) in [5.41, 5.74) is 2.08. The van der Waals surface area contributed by atoms with Crippen LogP contribution in [0.1, 0.15) is 11.1 Å². The lowest BCUT2D eigenvalue weighted by Crippen LogP contribution is -1.88. The Morgan fingerprint density at radius 2 is 1.91 bits per heavy atom. The molecule has 0 aromatic heterocycles. The van der Waals surface area contributed by atoms with Crippen LogP contribution in [0, 0.1) is 11.3 Å². The molecule has 56 valence electrons. The van der Waals surface area contributed by atoms with Crippen LogP contribution in [0.2, 0.25) is 0 Å². The topological polar surface area (TPSA) is 23.8 Å². The number of rotatable bonds is 2. The molecule has 0 aliphatic rings. The van der Waals surface area contributed by atoms with Crippen LogP contribution in [-0.4, -0.2) is 0 Å². The maximum atomic E-state index is 8.45. The summed E-state index contributed by atoms with van der Waals surface area (Å²) < 4.78 is 0. The lowest BCUT2D eigenvalue weighted by atomic mass is 10.1. The fourth-order valence-electron chi connectivity index (χ4n) is 0.945. The Bertz CT molecular complexity index is 275. The van der Waals surface area contributed by atoms with E-state index in [4.69, 9.17) is 16.9 Å². The van der Waals surface area contributed by atoms with Gasteiger partial charge in [-0.2, -0.15) is 5.26 Å². The van der Waals surface area contributed by atoms with Crippen LogP contribution < -0.4 is 0 Å². The normalized spacial score (nSPS) is 9.09. The highest BCUT2D eigenvalue weighted by Gasteiger charge is 1.97. The molecule has 2 heteroatoms. The van der Waals surface area contributed by atoms with E-state index in [0.29, 0.717) is 12.3 Å². The summed E-state index contributed by atoms with van der Waals surface area (Å²) >= 11 is 5.66. The number of nitriles is 1. The molecule has 1 rings (SSSR count). The molecule has 0 N–H and O–H groups in total. The van der Waals surface area contributed by atoms with Crippen molar-refractivity contribution in [2.75, 3.05) is 0 Å². The van der Waals surface area contributed by atoms with Gasteiger partial charge in [-0.1, -0.05) is 24.3 Å². The molecule has 0 fully saturated rings. The summed E-state index contributed by atoms with van der Waals surface area (Å²) in [6.07, 6.45) is 0.447. The maximum Gasteiger partial charge on any atom is 0.0669 e. The van der Waals surface area contributed by atoms with Crippen molar-refractivity contribution in [1.82, 2.24) is 0 Å². The minimum Gasteiger partial charge on any atom is -0.198 e. The third kappa shape index (κ3) is 1.96. The van der Waals surface area contributed by atoms with E-state index in [1.54, 1.807) is 0 Å². The van der Waals surface area contributed by atoms with Crippen LogP contribution in [0.5, 0.6) is 0 Å². The van der Waals surface area contributed by atoms with Crippen LogP contribution in [0.3, 0.4) is 0 Å². The summed E-state index contributed by atoms with van der Waals surface area (Å²) in [4.78, 5) is 0. The fraction of sp³-hybridized carbons (Fsp3) is 0.222. The molecule has 0 aliphatic carbocycles. The van der Waals surface area contributed by atoms with Gasteiger partial charge < -0.3 is 0 Å². The number of hydrogen-bond donors (Lipinski definition) is 0. The minimum absolute atomic E-state index is 0.447. The van der Waals surface area contributed by atoms with Gasteiger partial charge in [-0.3, -0.25) is 0 Å². The Balaban J connectivity index is 2.94. The van der Waals surface area contributed by atoms with Gasteiger partial charge in [0.1, 0.15) is 0 Å². The number of hydrogen-bond acceptors (Lipinski definition) is 1. The highest BCUT2D eigenvalue weighted by Crippen LogP contribution is 2.11. The summed E-state index contributed by atoms with van der Waals surface area (Å²) in [5.74, 6) is 0.484. The van der Waals surface area contributed by atoms with Crippen molar-refractivity contribution in [2.24, 2.45) is 0 Å². The molecular formula is C9H8ClN. The number of alkyl halides is 1. The zero-order chi connectivity index (χ0) is 8.10. The van der Waals surface area contributed by atoms with E-state index < -0.39 is 0 Å². The van der Waals surface area contributed by atoms with Gasteiger partial charge in [-0.15, -0.1) is 11.6 Å². The Labute approximate surface area is 71.2 Å². The second-order valence-electron chi connectivity index (χ2n) is 2.24. The van der Waals surface area contributed by atoms with E-state index in [1.807, 2.05) is 24.3 Å². The standard InChI is InChI=1S/C9H8ClN/c10-7-9-4-2-1-3-8(9)5-6-11/h1-4H,5,7H2. The first-order chi connectivity index (χ1) is 5.38. The van der Waals surface area contributed by atoms with Crippen LogP contribution >= 0.6 is 11.6 Å². The number of nitrogens with zero attached hydrogens (tertiary/aromatic N) is 1. The minimum atomic E-state index is 0.447. The molecule has 0 spiro atoms. The fourth-order valence-corrected chi connectivity index (χ4v) is 1.21. The largest absolute Gasteiger partial charge is 0.198 e. The number of benzene rings is 1. The van der Waals surface area contributed by atoms with Gasteiger partial charge >= 0.3 is 0 Å². The first kappa shape index (κ1) is 8.10. The average Bonchev–Trinajstić information content (AvgIpc) is 2.06. The van der Waals surface area contributed by atoms with Crippen molar-refractivity contribution in [3.8, 4) is 6.07 Å². The second-order valence-corrected chi connectivity index (χ2v) is 2.50. The van der Waals surface area contributed by atoms with Crippen LogP contribution in [0.4, 0.5) is 0 Å². The molecule has 0 atom stereocenters. The summed E-state index contributed by atoms with van der Waals surface area (Å²) in [6.45, 7) is 0. The SMILES string of the molecule is N#CCc1ccccc1CCl. The smallest absolute Gasteiger partial charge is 0.0669 e. The van der Waals surface area contributed by atoms with Crippen LogP contribution in [-0.2, 0) is 12.3 Å². The van der Waals surface area contributed by atoms with Gasteiger partial charge in [-0.25, -0.2) is 0 Å². The quantitative estimate of drug-likeness (QED) is 0.618. The van der Waals surface area contributed by atoms with E-state index in [2.05, 4.69) is 6.07 Å². The van der Waals surface area contributed by atoms with E-state index >= 15 is 0 Å². The summed E-state index contributed by atoms with van der Waals surface area (Å²) in [7, 11) is 0. The van der Waals surface area contributed by atoms with Gasteiger partial charge in [0.25, 0.3) is 0 Å². The Hall–Kier alpha value is -1.00. The Morgan fingerprint density at radius 3 is 2.45 bits per heavy atom. The molecule has 0 saturated heterocycles. The van der Waals surface area contributed by atoms with Gasteiger partial charge in [0.05, 0.1) is 12.5 Å². The molecule has 11 heavy (non-hydrogen) atoms. The van der Waals surface area contributed by atoms with Crippen molar-refractivity contribution in [2.45, 2.75) is 12.3 Å². The maximum absolute atomic E-state index is 8.45. The lowest BCUT2D eigenvalue weighted by molar-refractivity contribution is 1.20. The van der Waals surface area contributed by atoms with Crippen LogP contribution in [0.25, 0.3) is 0 Å². The summed E-state index contributed by atoms with van der Waals surface area (Å²) in [5, 5.41) is 8.45. The molecule has 0 amide bonds. The van der Waals surface area contributed by atoms with E-state index in [1.165, 1.54) is 0 Å². The third-order valence-electron chi connectivity index (χ3n) is 1.53. The van der Waals surface area contributed by atoms with Gasteiger partial charge in [0.2, 0.25) is 0 Å². The molecule has 1 aromatic carbocycles. The molecule has 0 radical (unpaired) electrons. The molecule has 0 bridgehead atoms. The first-order valence-electron chi connectivity index (χ1n) is 3.38. The van der Waals surface area contributed by atoms with Gasteiger partial charge in [-0.05, 0) is 11.1 Å². The van der Waals surface area contributed by atoms with Crippen molar-refractivity contribution >= 4 is 11.6 Å². The van der Waals surface area contributed by atoms with Crippen molar-refractivity contribution < 1.29 is 0 Å². The van der Waals surface area contributed by atoms with E-state index in [0.717, 1.165) is 11.1 Å². The van der Waals surface area contributed by atoms with E-state index in [-0.39, 0.29) is 0 Å². The molecule has 0 saturated carbocycles. The van der Waals surface area contributed by atoms with Crippen molar-refractivity contribution in [3.63, 3.8) is 0 Å². The molecule has 0 heterocycles. The molecule has 0 aliphatic heterocycles. The third-order valence-corrected chi connectivity index (χ3v) is 1.82. The molecule has 1 nitrogen and oxygen atoms in total. The second kappa shape index (κ2) is 4.00. The van der Waals surface area contributed by atoms with Gasteiger partial charge in [0, 0.05) is 5.88 Å². The highest BCUT2D eigenvalue weighted by molar-refractivity contribution is 6.17. The monoisotopic (exact) mass is 165 g/mol. The Kier molecular flexibility index (Phi) is 2.95. The predicted octanol–water partition coefficient (Wildman–Crippen LogP) is 2.49. The summed E-state index contributed by atoms with van der Waals surface area (Å²) in [6, 6.07) is 9.82. The van der Waals surface area contributed by atoms with Crippen molar-refractivity contribution in [1.29, 1.82) is 5.26 Å². The van der Waals surface area contributed by atoms with Crippen molar-refractivity contribution in [3.05, 3.63) is 35.4 Å². The van der Waals surface area contributed by atoms with Gasteiger partial charge in [0.15, 0.2) is 0 Å². The zero-order valence-electron chi connectivity index (χ0n) is 6.05. The predicted molar refractivity (Wildman–Crippen MR) is 45.3 cm³/mol. The number of halogens is 1. The zero-order valence-corrected chi connectivity index (χ0v) is 6.80. The molecular weight excluding hydrogens is 158 g/mol. The highest BCUT2D eigenvalue weighted by atomic mass is 35.5. The average molecular weight is 166 g/mol. The van der Waals surface area contributed by atoms with Crippen LogP contribution in [0.15, 0.2) is 24.3 Å².